The van der Waals surface area contributed by atoms with Crippen LogP contribution in [-0.4, -0.2) is 22.8 Å². The molecule has 7 heteroatoms. The van der Waals surface area contributed by atoms with Crippen molar-refractivity contribution in [1.82, 2.24) is 10.3 Å². The number of rotatable bonds is 5. The molecule has 2 N–H and O–H groups in total. The zero-order valence-electron chi connectivity index (χ0n) is 17.4. The highest BCUT2D eigenvalue weighted by Crippen LogP contribution is 2.28. The van der Waals surface area contributed by atoms with E-state index in [-0.39, 0.29) is 40.4 Å². The average Bonchev–Trinajstić information content (AvgIpc) is 2.80. The molecule has 1 aliphatic rings. The zero-order valence-corrected chi connectivity index (χ0v) is 18.1. The predicted octanol–water partition coefficient (Wildman–Crippen LogP) is 5.47. The molecular formula is C25H23ClFN3O2. The van der Waals surface area contributed by atoms with Gasteiger partial charge in [-0.2, -0.15) is 0 Å². The van der Waals surface area contributed by atoms with Gasteiger partial charge in [-0.1, -0.05) is 48.0 Å². The second-order valence-electron chi connectivity index (χ2n) is 7.92. The maximum absolute atomic E-state index is 14.1. The fourth-order valence-corrected chi connectivity index (χ4v) is 4.16. The summed E-state index contributed by atoms with van der Waals surface area (Å²) in [5.41, 5.74) is 2.13. The fraction of sp³-hybridized carbons (Fsp3) is 0.240. The molecule has 0 atom stereocenters. The molecule has 1 heterocycles. The van der Waals surface area contributed by atoms with Gasteiger partial charge in [-0.15, -0.1) is 0 Å². The summed E-state index contributed by atoms with van der Waals surface area (Å²) < 4.78 is 14.1. The van der Waals surface area contributed by atoms with Crippen molar-refractivity contribution < 1.29 is 14.0 Å². The molecule has 0 saturated heterocycles. The number of amides is 2. The van der Waals surface area contributed by atoms with Crippen LogP contribution in [0.2, 0.25) is 5.15 Å². The maximum Gasteiger partial charge on any atom is 0.270 e. The van der Waals surface area contributed by atoms with Gasteiger partial charge < -0.3 is 10.6 Å². The van der Waals surface area contributed by atoms with Crippen LogP contribution in [0.3, 0.4) is 0 Å². The van der Waals surface area contributed by atoms with Crippen molar-refractivity contribution in [3.05, 3.63) is 83.4 Å². The molecule has 1 aliphatic carbocycles. The molecular weight excluding hydrogens is 429 g/mol. The summed E-state index contributed by atoms with van der Waals surface area (Å²) >= 11 is 5.85. The van der Waals surface area contributed by atoms with Gasteiger partial charge in [0.25, 0.3) is 5.91 Å². The third-order valence-electron chi connectivity index (χ3n) is 5.70. The Kier molecular flexibility index (Phi) is 6.81. The van der Waals surface area contributed by atoms with Gasteiger partial charge in [0.05, 0.1) is 0 Å². The zero-order chi connectivity index (χ0) is 22.5. The van der Waals surface area contributed by atoms with Crippen molar-refractivity contribution in [2.24, 2.45) is 5.92 Å². The molecule has 4 rings (SSSR count). The number of halogens is 2. The third kappa shape index (κ3) is 5.32. The Balaban J connectivity index is 1.32. The van der Waals surface area contributed by atoms with Crippen molar-refractivity contribution in [2.75, 3.05) is 5.32 Å². The fourth-order valence-electron chi connectivity index (χ4n) is 4.00. The Labute approximate surface area is 191 Å². The van der Waals surface area contributed by atoms with Gasteiger partial charge in [-0.25, -0.2) is 9.37 Å². The Morgan fingerprint density at radius 2 is 1.69 bits per heavy atom. The molecule has 0 bridgehead atoms. The number of hydrogen-bond donors (Lipinski definition) is 2. The number of hydrogen-bond acceptors (Lipinski definition) is 3. The molecule has 0 unspecified atom stereocenters. The number of nitrogens with zero attached hydrogens (tertiary/aromatic N) is 1. The van der Waals surface area contributed by atoms with Crippen LogP contribution in [0.1, 0.15) is 36.2 Å². The summed E-state index contributed by atoms with van der Waals surface area (Å²) in [4.78, 5) is 29.2. The lowest BCUT2D eigenvalue weighted by atomic mass is 9.85. The first-order chi connectivity index (χ1) is 15.5. The highest BCUT2D eigenvalue weighted by molar-refractivity contribution is 6.29. The number of nitrogens with one attached hydrogen (secondary N) is 2. The number of carbonyl (C=O) groups is 2. The smallest absolute Gasteiger partial charge is 0.270 e. The molecule has 32 heavy (non-hydrogen) atoms. The van der Waals surface area contributed by atoms with Crippen LogP contribution >= 0.6 is 11.6 Å². The molecule has 2 aromatic carbocycles. The van der Waals surface area contributed by atoms with Crippen molar-refractivity contribution in [1.29, 1.82) is 0 Å². The molecule has 164 valence electrons. The number of pyridine rings is 1. The van der Waals surface area contributed by atoms with E-state index in [2.05, 4.69) is 15.6 Å². The first-order valence-electron chi connectivity index (χ1n) is 10.6. The summed E-state index contributed by atoms with van der Waals surface area (Å²) in [6, 6.07) is 18.7. The molecule has 0 aliphatic heterocycles. The van der Waals surface area contributed by atoms with Crippen LogP contribution in [0.15, 0.2) is 66.7 Å². The van der Waals surface area contributed by atoms with E-state index in [1.165, 1.54) is 6.07 Å². The van der Waals surface area contributed by atoms with E-state index in [0.717, 1.165) is 0 Å². The van der Waals surface area contributed by atoms with Crippen molar-refractivity contribution in [3.8, 4) is 11.1 Å². The van der Waals surface area contributed by atoms with Crippen LogP contribution in [0.25, 0.3) is 11.1 Å². The second-order valence-corrected chi connectivity index (χ2v) is 8.30. The van der Waals surface area contributed by atoms with E-state index < -0.39 is 0 Å². The first kappa shape index (κ1) is 22.0. The standard InChI is InChI=1S/C25H23ClFN3O2/c26-23-10-4-9-22(30-23)25(32)28-18-13-11-16(12-14-18)24(31)29-19-6-3-5-17(15-19)20-7-1-2-8-21(20)27/h1-10,15-16,18H,11-14H2,(H,28,32)(H,29,31). The summed E-state index contributed by atoms with van der Waals surface area (Å²) in [5, 5.41) is 6.21. The molecule has 1 fully saturated rings. The Morgan fingerprint density at radius 1 is 0.938 bits per heavy atom. The summed E-state index contributed by atoms with van der Waals surface area (Å²) in [7, 11) is 0. The van der Waals surface area contributed by atoms with E-state index in [4.69, 9.17) is 11.6 Å². The molecule has 2 amide bonds. The van der Waals surface area contributed by atoms with Gasteiger partial charge in [-0.3, -0.25) is 9.59 Å². The van der Waals surface area contributed by atoms with Crippen molar-refractivity contribution in [2.45, 2.75) is 31.7 Å². The normalized spacial score (nSPS) is 18.1. The quantitative estimate of drug-likeness (QED) is 0.505. The van der Waals surface area contributed by atoms with Gasteiger partial charge in [0.1, 0.15) is 16.7 Å². The van der Waals surface area contributed by atoms with Gasteiger partial charge in [-0.05, 0) is 61.6 Å². The lowest BCUT2D eigenvalue weighted by Gasteiger charge is -2.28. The maximum atomic E-state index is 14.1. The van der Waals surface area contributed by atoms with E-state index >= 15 is 0 Å². The van der Waals surface area contributed by atoms with Gasteiger partial charge >= 0.3 is 0 Å². The Morgan fingerprint density at radius 3 is 2.44 bits per heavy atom. The SMILES string of the molecule is O=C(NC1CCC(C(=O)Nc2cccc(-c3ccccc3F)c2)CC1)c1cccc(Cl)n1. The molecule has 1 aromatic heterocycles. The predicted molar refractivity (Wildman–Crippen MR) is 123 cm³/mol. The number of anilines is 1. The molecule has 0 spiro atoms. The van der Waals surface area contributed by atoms with E-state index in [0.29, 0.717) is 42.5 Å². The Hall–Kier alpha value is -3.25. The van der Waals surface area contributed by atoms with Crippen LogP contribution in [0.5, 0.6) is 0 Å². The minimum absolute atomic E-state index is 0.00304. The Bertz CT molecular complexity index is 1130. The minimum Gasteiger partial charge on any atom is -0.348 e. The van der Waals surface area contributed by atoms with E-state index in [1.54, 1.807) is 54.6 Å². The lowest BCUT2D eigenvalue weighted by molar-refractivity contribution is -0.120. The van der Waals surface area contributed by atoms with Gasteiger partial charge in [0, 0.05) is 23.2 Å². The topological polar surface area (TPSA) is 71.1 Å². The summed E-state index contributed by atoms with van der Waals surface area (Å²) in [6.45, 7) is 0. The average molecular weight is 452 g/mol. The lowest BCUT2D eigenvalue weighted by Crippen LogP contribution is -2.39. The number of benzene rings is 2. The molecule has 5 nitrogen and oxygen atoms in total. The molecule has 0 radical (unpaired) electrons. The van der Waals surface area contributed by atoms with Crippen LogP contribution in [0, 0.1) is 11.7 Å². The monoisotopic (exact) mass is 451 g/mol. The van der Waals surface area contributed by atoms with Crippen LogP contribution in [0.4, 0.5) is 10.1 Å². The van der Waals surface area contributed by atoms with E-state index in [1.807, 2.05) is 6.07 Å². The van der Waals surface area contributed by atoms with Crippen molar-refractivity contribution in [3.63, 3.8) is 0 Å². The summed E-state index contributed by atoms with van der Waals surface area (Å²) in [6.07, 6.45) is 2.76. The largest absolute Gasteiger partial charge is 0.348 e. The molecule has 3 aromatic rings. The van der Waals surface area contributed by atoms with Crippen molar-refractivity contribution >= 4 is 29.1 Å². The highest BCUT2D eigenvalue weighted by atomic mass is 35.5. The van der Waals surface area contributed by atoms with Gasteiger partial charge in [0.15, 0.2) is 0 Å². The minimum atomic E-state index is -0.302. The molecule has 1 saturated carbocycles. The van der Waals surface area contributed by atoms with Gasteiger partial charge in [0.2, 0.25) is 5.91 Å². The van der Waals surface area contributed by atoms with Crippen LogP contribution in [-0.2, 0) is 4.79 Å². The number of aromatic nitrogens is 1. The summed E-state index contributed by atoms with van der Waals surface area (Å²) in [5.74, 6) is -0.754. The van der Waals surface area contributed by atoms with Crippen LogP contribution < -0.4 is 10.6 Å². The highest BCUT2D eigenvalue weighted by Gasteiger charge is 2.27. The third-order valence-corrected chi connectivity index (χ3v) is 5.91. The second kappa shape index (κ2) is 9.92. The number of carbonyl (C=O) groups excluding carboxylic acids is 2. The first-order valence-corrected chi connectivity index (χ1v) is 11.0. The van der Waals surface area contributed by atoms with E-state index in [9.17, 15) is 14.0 Å².